The highest BCUT2D eigenvalue weighted by Gasteiger charge is 2.25. The molecule has 0 aromatic carbocycles. The van der Waals surface area contributed by atoms with Crippen LogP contribution in [-0.2, 0) is 9.59 Å². The Morgan fingerprint density at radius 2 is 1.88 bits per heavy atom. The van der Waals surface area contributed by atoms with Crippen molar-refractivity contribution < 1.29 is 9.59 Å². The summed E-state index contributed by atoms with van der Waals surface area (Å²) >= 11 is 0. The van der Waals surface area contributed by atoms with Crippen LogP contribution in [0.2, 0.25) is 0 Å². The largest absolute Gasteiger partial charge is 0.354 e. The van der Waals surface area contributed by atoms with Crippen LogP contribution < -0.4 is 5.32 Å². The molecule has 1 fully saturated rings. The lowest BCUT2D eigenvalue weighted by molar-refractivity contribution is -0.127. The van der Waals surface area contributed by atoms with E-state index in [1.54, 1.807) is 11.8 Å². The standard InChI is InChI=1S/C12H20N2O2/c1-4-12(16)14(3)11-7-5-10(6-8-11)13-9(2)15/h4,10-11H,1,5-8H2,2-3H3,(H,13,15). The first-order chi connectivity index (χ1) is 7.54. The molecule has 1 saturated carbocycles. The Balaban J connectivity index is 2.39. The molecule has 0 saturated heterocycles. The van der Waals surface area contributed by atoms with Crippen LogP contribution in [0, 0.1) is 0 Å². The molecule has 1 aliphatic carbocycles. The van der Waals surface area contributed by atoms with E-state index in [-0.39, 0.29) is 23.9 Å². The second kappa shape index (κ2) is 5.68. The molecule has 0 radical (unpaired) electrons. The fourth-order valence-corrected chi connectivity index (χ4v) is 2.22. The van der Waals surface area contributed by atoms with Crippen LogP contribution in [0.5, 0.6) is 0 Å². The molecule has 90 valence electrons. The van der Waals surface area contributed by atoms with E-state index >= 15 is 0 Å². The first-order valence-electron chi connectivity index (χ1n) is 5.71. The van der Waals surface area contributed by atoms with Crippen molar-refractivity contribution in [2.75, 3.05) is 7.05 Å². The van der Waals surface area contributed by atoms with Gasteiger partial charge in [-0.15, -0.1) is 0 Å². The van der Waals surface area contributed by atoms with Gasteiger partial charge in [0.2, 0.25) is 11.8 Å². The van der Waals surface area contributed by atoms with Crippen molar-refractivity contribution in [3.8, 4) is 0 Å². The molecule has 0 aromatic heterocycles. The van der Waals surface area contributed by atoms with Crippen LogP contribution in [0.1, 0.15) is 32.6 Å². The van der Waals surface area contributed by atoms with E-state index in [4.69, 9.17) is 0 Å². The van der Waals surface area contributed by atoms with Gasteiger partial charge in [-0.2, -0.15) is 0 Å². The Morgan fingerprint density at radius 1 is 1.31 bits per heavy atom. The number of amides is 2. The predicted octanol–water partition coefficient (Wildman–Crippen LogP) is 1.08. The summed E-state index contributed by atoms with van der Waals surface area (Å²) in [6.07, 6.45) is 5.12. The Kier molecular flexibility index (Phi) is 4.52. The van der Waals surface area contributed by atoms with Gasteiger partial charge in [-0.3, -0.25) is 9.59 Å². The second-order valence-corrected chi connectivity index (χ2v) is 4.36. The highest BCUT2D eigenvalue weighted by Crippen LogP contribution is 2.22. The number of likely N-dealkylation sites (N-methyl/N-ethyl adjacent to an activating group) is 1. The molecule has 2 amide bonds. The van der Waals surface area contributed by atoms with E-state index in [1.165, 1.54) is 6.08 Å². The summed E-state index contributed by atoms with van der Waals surface area (Å²) in [7, 11) is 1.81. The Bertz CT molecular complexity index is 281. The third-order valence-electron chi connectivity index (χ3n) is 3.17. The highest BCUT2D eigenvalue weighted by atomic mass is 16.2. The maximum absolute atomic E-state index is 11.4. The van der Waals surface area contributed by atoms with Crippen molar-refractivity contribution in [3.05, 3.63) is 12.7 Å². The lowest BCUT2D eigenvalue weighted by atomic mass is 9.90. The topological polar surface area (TPSA) is 49.4 Å². The molecular weight excluding hydrogens is 204 g/mol. The zero-order valence-corrected chi connectivity index (χ0v) is 10.0. The number of hydrogen-bond donors (Lipinski definition) is 1. The van der Waals surface area contributed by atoms with Crippen LogP contribution in [-0.4, -0.2) is 35.8 Å². The van der Waals surface area contributed by atoms with Gasteiger partial charge in [-0.1, -0.05) is 6.58 Å². The van der Waals surface area contributed by atoms with E-state index in [1.807, 2.05) is 7.05 Å². The van der Waals surface area contributed by atoms with Crippen LogP contribution in [0.3, 0.4) is 0 Å². The molecular formula is C12H20N2O2. The Hall–Kier alpha value is -1.32. The van der Waals surface area contributed by atoms with Gasteiger partial charge in [0.25, 0.3) is 0 Å². The number of nitrogens with zero attached hydrogens (tertiary/aromatic N) is 1. The summed E-state index contributed by atoms with van der Waals surface area (Å²) in [6, 6.07) is 0.566. The quantitative estimate of drug-likeness (QED) is 0.729. The van der Waals surface area contributed by atoms with Crippen molar-refractivity contribution in [3.63, 3.8) is 0 Å². The van der Waals surface area contributed by atoms with Crippen LogP contribution in [0.25, 0.3) is 0 Å². The van der Waals surface area contributed by atoms with Gasteiger partial charge in [-0.05, 0) is 31.8 Å². The zero-order chi connectivity index (χ0) is 12.1. The van der Waals surface area contributed by atoms with Crippen LogP contribution >= 0.6 is 0 Å². The summed E-state index contributed by atoms with van der Waals surface area (Å²) < 4.78 is 0. The normalized spacial score (nSPS) is 24.6. The monoisotopic (exact) mass is 224 g/mol. The van der Waals surface area contributed by atoms with Gasteiger partial charge >= 0.3 is 0 Å². The molecule has 0 heterocycles. The van der Waals surface area contributed by atoms with E-state index < -0.39 is 0 Å². The number of nitrogens with one attached hydrogen (secondary N) is 1. The minimum Gasteiger partial charge on any atom is -0.354 e. The van der Waals surface area contributed by atoms with Crippen molar-refractivity contribution >= 4 is 11.8 Å². The zero-order valence-electron chi connectivity index (χ0n) is 10.0. The molecule has 1 aliphatic rings. The Morgan fingerprint density at radius 3 is 2.31 bits per heavy atom. The molecule has 0 spiro atoms. The average Bonchev–Trinajstić information content (AvgIpc) is 2.27. The van der Waals surface area contributed by atoms with E-state index in [0.29, 0.717) is 0 Å². The molecule has 0 unspecified atom stereocenters. The van der Waals surface area contributed by atoms with Crippen molar-refractivity contribution in [2.24, 2.45) is 0 Å². The fraction of sp³-hybridized carbons (Fsp3) is 0.667. The number of carbonyl (C=O) groups is 2. The molecule has 4 nitrogen and oxygen atoms in total. The third-order valence-corrected chi connectivity index (χ3v) is 3.17. The van der Waals surface area contributed by atoms with Crippen LogP contribution in [0.4, 0.5) is 0 Å². The molecule has 0 atom stereocenters. The van der Waals surface area contributed by atoms with E-state index in [0.717, 1.165) is 25.7 Å². The van der Waals surface area contributed by atoms with Crippen molar-refractivity contribution in [1.29, 1.82) is 0 Å². The van der Waals surface area contributed by atoms with Gasteiger partial charge in [0.15, 0.2) is 0 Å². The van der Waals surface area contributed by atoms with Crippen molar-refractivity contribution in [2.45, 2.75) is 44.7 Å². The first-order valence-corrected chi connectivity index (χ1v) is 5.71. The molecule has 1 N–H and O–H groups in total. The second-order valence-electron chi connectivity index (χ2n) is 4.36. The fourth-order valence-electron chi connectivity index (χ4n) is 2.22. The van der Waals surface area contributed by atoms with E-state index in [9.17, 15) is 9.59 Å². The SMILES string of the molecule is C=CC(=O)N(C)C1CCC(NC(C)=O)CC1. The van der Waals surface area contributed by atoms with Gasteiger partial charge < -0.3 is 10.2 Å². The maximum atomic E-state index is 11.4. The predicted molar refractivity (Wildman–Crippen MR) is 62.8 cm³/mol. The Labute approximate surface area is 96.7 Å². The minimum absolute atomic E-state index is 0.0250. The summed E-state index contributed by atoms with van der Waals surface area (Å²) in [5.41, 5.74) is 0. The summed E-state index contributed by atoms with van der Waals surface area (Å²) in [5, 5.41) is 2.92. The average molecular weight is 224 g/mol. The smallest absolute Gasteiger partial charge is 0.245 e. The van der Waals surface area contributed by atoms with Gasteiger partial charge in [0, 0.05) is 26.1 Å². The van der Waals surface area contributed by atoms with Crippen LogP contribution in [0.15, 0.2) is 12.7 Å². The minimum atomic E-state index is -0.0250. The molecule has 0 aliphatic heterocycles. The lowest BCUT2D eigenvalue weighted by Crippen LogP contribution is -2.43. The van der Waals surface area contributed by atoms with E-state index in [2.05, 4.69) is 11.9 Å². The summed E-state index contributed by atoms with van der Waals surface area (Å²) in [6.45, 7) is 5.02. The maximum Gasteiger partial charge on any atom is 0.245 e. The number of carbonyl (C=O) groups excluding carboxylic acids is 2. The summed E-state index contributed by atoms with van der Waals surface area (Å²) in [5.74, 6) is 0.00181. The molecule has 0 bridgehead atoms. The number of rotatable bonds is 3. The molecule has 0 aromatic rings. The summed E-state index contributed by atoms with van der Waals surface area (Å²) in [4.78, 5) is 24.0. The molecule has 16 heavy (non-hydrogen) atoms. The number of hydrogen-bond acceptors (Lipinski definition) is 2. The van der Waals surface area contributed by atoms with Crippen molar-refractivity contribution in [1.82, 2.24) is 10.2 Å². The first kappa shape index (κ1) is 12.7. The lowest BCUT2D eigenvalue weighted by Gasteiger charge is -2.34. The van der Waals surface area contributed by atoms with Gasteiger partial charge in [0.05, 0.1) is 0 Å². The molecule has 4 heteroatoms. The van der Waals surface area contributed by atoms with Gasteiger partial charge in [0.1, 0.15) is 0 Å². The van der Waals surface area contributed by atoms with Gasteiger partial charge in [-0.25, -0.2) is 0 Å². The third kappa shape index (κ3) is 3.36. The highest BCUT2D eigenvalue weighted by molar-refractivity contribution is 5.87. The molecule has 1 rings (SSSR count).